The molecule has 0 spiro atoms. The van der Waals surface area contributed by atoms with Gasteiger partial charge in [0.1, 0.15) is 0 Å². The van der Waals surface area contributed by atoms with Crippen molar-refractivity contribution in [2.75, 3.05) is 23.9 Å². The number of aromatic nitrogens is 1. The van der Waals surface area contributed by atoms with Gasteiger partial charge in [-0.3, -0.25) is 4.98 Å². The van der Waals surface area contributed by atoms with Crippen molar-refractivity contribution in [3.05, 3.63) is 102 Å². The first-order valence-corrected chi connectivity index (χ1v) is 15.1. The molecule has 3 N–H and O–H groups in total. The molecule has 6 heteroatoms. The molecular weight excluding hydrogens is 500 g/mol. The van der Waals surface area contributed by atoms with Crippen molar-refractivity contribution in [1.82, 2.24) is 4.98 Å². The van der Waals surface area contributed by atoms with Crippen molar-refractivity contribution in [2.24, 2.45) is 0 Å². The molecule has 0 fully saturated rings. The van der Waals surface area contributed by atoms with Crippen molar-refractivity contribution >= 4 is 49.8 Å². The van der Waals surface area contributed by atoms with Crippen LogP contribution < -0.4 is 10.6 Å². The number of para-hydroxylation sites is 1. The van der Waals surface area contributed by atoms with Crippen LogP contribution in [0.3, 0.4) is 0 Å². The Hall–Kier alpha value is -3.90. The zero-order valence-corrected chi connectivity index (χ0v) is 24.6. The second-order valence-electron chi connectivity index (χ2n) is 9.65. The van der Waals surface area contributed by atoms with E-state index in [2.05, 4.69) is 68.1 Å². The molecule has 0 aliphatic rings. The highest BCUT2D eigenvalue weighted by Gasteiger charge is 2.16. The first-order valence-electron chi connectivity index (χ1n) is 13.2. The monoisotopic (exact) mass is 540 g/mol. The smallest absolute Gasteiger partial charge is 0.0938 e. The van der Waals surface area contributed by atoms with E-state index >= 15 is 0 Å². The van der Waals surface area contributed by atoms with Gasteiger partial charge in [0.25, 0.3) is 0 Å². The number of hydrogen-bond acceptors (Lipinski definition) is 5. The van der Waals surface area contributed by atoms with Gasteiger partial charge in [0.2, 0.25) is 0 Å². The average Bonchev–Trinajstić information content (AvgIpc) is 2.93. The van der Waals surface area contributed by atoms with E-state index < -0.39 is 9.73 Å². The number of nitrogens with two attached hydrogens (primary N) is 1. The Morgan fingerprint density at radius 1 is 1.00 bits per heavy atom. The molecule has 0 radical (unpaired) electrons. The first kappa shape index (κ1) is 29.7. The molecule has 1 atom stereocenters. The summed E-state index contributed by atoms with van der Waals surface area (Å²) in [5, 5.41) is 1.10. The molecule has 4 aromatic rings. The lowest BCUT2D eigenvalue weighted by Gasteiger charge is -2.25. The number of hydrogen-bond donors (Lipinski definition) is 2. The summed E-state index contributed by atoms with van der Waals surface area (Å²) in [5.41, 5.74) is 15.7. The van der Waals surface area contributed by atoms with Crippen LogP contribution in [0.2, 0.25) is 0 Å². The Labute approximate surface area is 234 Å². The molecule has 0 saturated carbocycles. The van der Waals surface area contributed by atoms with Gasteiger partial charge in [-0.15, -0.1) is 0 Å². The molecule has 0 bridgehead atoms. The Morgan fingerprint density at radius 3 is 2.31 bits per heavy atom. The number of nitrogens with zero attached hydrogens (tertiary/aromatic N) is 2. The Balaban J connectivity index is 0.000000242. The minimum absolute atomic E-state index is 0.652. The zero-order valence-electron chi connectivity index (χ0n) is 23.8. The van der Waals surface area contributed by atoms with Gasteiger partial charge in [-0.2, -0.15) is 0 Å². The van der Waals surface area contributed by atoms with Crippen LogP contribution in [0, 0.1) is 11.7 Å². The molecule has 3 aromatic carbocycles. The van der Waals surface area contributed by atoms with Gasteiger partial charge < -0.3 is 10.6 Å². The highest BCUT2D eigenvalue weighted by atomic mass is 32.2. The molecule has 1 unspecified atom stereocenters. The summed E-state index contributed by atoms with van der Waals surface area (Å²) >= 11 is 0. The van der Waals surface area contributed by atoms with Gasteiger partial charge in [-0.1, -0.05) is 69.8 Å². The fourth-order valence-electron chi connectivity index (χ4n) is 4.80. The lowest BCUT2D eigenvalue weighted by Crippen LogP contribution is -2.14. The van der Waals surface area contributed by atoms with Gasteiger partial charge in [0.05, 0.1) is 32.3 Å². The zero-order chi connectivity index (χ0) is 28.7. The van der Waals surface area contributed by atoms with E-state index in [-0.39, 0.29) is 0 Å². The summed E-state index contributed by atoms with van der Waals surface area (Å²) in [6.45, 7) is 14.1. The maximum absolute atomic E-state index is 11.6. The summed E-state index contributed by atoms with van der Waals surface area (Å²) in [6, 6.07) is 18.0. The van der Waals surface area contributed by atoms with Gasteiger partial charge in [-0.05, 0) is 72.4 Å². The number of fused-ring (bicyclic) bond motifs is 1. The number of benzene rings is 3. The van der Waals surface area contributed by atoms with Gasteiger partial charge in [-0.25, -0.2) is 8.99 Å². The maximum atomic E-state index is 11.6. The van der Waals surface area contributed by atoms with E-state index in [0.717, 1.165) is 58.2 Å². The van der Waals surface area contributed by atoms with Crippen molar-refractivity contribution in [2.45, 2.75) is 44.9 Å². The number of nitrogens with one attached hydrogen (secondary N) is 1. The number of aryl methyl sites for hydroxylation is 3. The lowest BCUT2D eigenvalue weighted by atomic mass is 9.97. The summed E-state index contributed by atoms with van der Waals surface area (Å²) in [4.78, 5) is 7.27. The van der Waals surface area contributed by atoms with Crippen LogP contribution in [0.4, 0.5) is 17.1 Å². The second-order valence-corrected chi connectivity index (χ2v) is 11.8. The molecular formula is C33H40N4OS. The van der Waals surface area contributed by atoms with Crippen LogP contribution >= 0.6 is 0 Å². The minimum atomic E-state index is -2.57. The van der Waals surface area contributed by atoms with Crippen LogP contribution in [0.25, 0.3) is 23.1 Å². The third-order valence-electron chi connectivity index (χ3n) is 6.90. The summed E-state index contributed by atoms with van der Waals surface area (Å²) in [7, 11) is -0.558. The fraction of sp³-hybridized carbons (Fsp3) is 0.242. The van der Waals surface area contributed by atoms with Crippen LogP contribution in [-0.4, -0.2) is 22.5 Å². The normalized spacial score (nSPS) is 12.2. The van der Waals surface area contributed by atoms with Crippen molar-refractivity contribution < 1.29 is 4.21 Å². The highest BCUT2D eigenvalue weighted by molar-refractivity contribution is 7.91. The summed E-state index contributed by atoms with van der Waals surface area (Å²) in [5.74, 6) is 0. The quantitative estimate of drug-likeness (QED) is 0.220. The molecule has 0 saturated heterocycles. The minimum Gasteiger partial charge on any atom is -0.397 e. The third-order valence-corrected chi connectivity index (χ3v) is 8.06. The van der Waals surface area contributed by atoms with Crippen molar-refractivity contribution in [3.63, 3.8) is 0 Å². The van der Waals surface area contributed by atoms with E-state index in [1.54, 1.807) is 6.08 Å². The second kappa shape index (κ2) is 12.8. The largest absolute Gasteiger partial charge is 0.397 e. The third kappa shape index (κ3) is 6.58. The van der Waals surface area contributed by atoms with Crippen LogP contribution in [0.5, 0.6) is 0 Å². The van der Waals surface area contributed by atoms with E-state index in [1.165, 1.54) is 17.4 Å². The predicted molar refractivity (Wildman–Crippen MR) is 170 cm³/mol. The SMILES string of the molecule is C=Cc1c(C)cc(N(C)c2cccc3cccnc23)c(N)c1C=C.CCCc1ccc(S(C)(=N)=O)cc1CC. The summed E-state index contributed by atoms with van der Waals surface area (Å²) in [6.07, 6.45) is 10.0. The average molecular weight is 541 g/mol. The van der Waals surface area contributed by atoms with E-state index in [9.17, 15) is 4.21 Å². The van der Waals surface area contributed by atoms with Crippen molar-refractivity contribution in [3.8, 4) is 0 Å². The highest BCUT2D eigenvalue weighted by Crippen LogP contribution is 2.38. The molecule has 1 heterocycles. The number of nitrogen functional groups attached to an aromatic ring is 1. The Kier molecular flexibility index (Phi) is 9.71. The van der Waals surface area contributed by atoms with E-state index in [1.807, 2.05) is 49.7 Å². The van der Waals surface area contributed by atoms with Crippen molar-refractivity contribution in [1.29, 1.82) is 4.78 Å². The Morgan fingerprint density at radius 2 is 1.69 bits per heavy atom. The molecule has 39 heavy (non-hydrogen) atoms. The summed E-state index contributed by atoms with van der Waals surface area (Å²) < 4.78 is 19.1. The molecule has 4 rings (SSSR count). The molecule has 204 valence electrons. The number of rotatable bonds is 8. The number of anilines is 3. The Bertz CT molecular complexity index is 1600. The molecule has 5 nitrogen and oxygen atoms in total. The van der Waals surface area contributed by atoms with E-state index in [4.69, 9.17) is 10.5 Å². The van der Waals surface area contributed by atoms with E-state index in [0.29, 0.717) is 10.6 Å². The lowest BCUT2D eigenvalue weighted by molar-refractivity contribution is 0.678. The van der Waals surface area contributed by atoms with Crippen LogP contribution in [0.1, 0.15) is 48.1 Å². The molecule has 0 amide bonds. The fourth-order valence-corrected chi connectivity index (χ4v) is 5.49. The predicted octanol–water partition coefficient (Wildman–Crippen LogP) is 8.42. The van der Waals surface area contributed by atoms with Gasteiger partial charge in [0, 0.05) is 35.3 Å². The molecule has 1 aromatic heterocycles. The first-order chi connectivity index (χ1) is 18.6. The maximum Gasteiger partial charge on any atom is 0.0938 e. The van der Waals surface area contributed by atoms with Crippen LogP contribution in [-0.2, 0) is 22.6 Å². The van der Waals surface area contributed by atoms with Crippen LogP contribution in [0.15, 0.2) is 78.8 Å². The topological polar surface area (TPSA) is 83.1 Å². The standard InChI is InChI=1S/C21H21N3.C12H19NOS/c1-5-16-14(3)13-19(20(22)17(16)6-2)24(4)18-11-7-9-15-10-8-12-23-21(15)18;1-4-6-11-7-8-12(15(3,13)14)9-10(11)5-2/h5-13H,1-2,22H2,3-4H3;7-9,13H,4-6H2,1-3H3. The molecule has 0 aliphatic heterocycles. The number of pyridine rings is 1. The van der Waals surface area contributed by atoms with Gasteiger partial charge >= 0.3 is 0 Å². The van der Waals surface area contributed by atoms with Gasteiger partial charge in [0.15, 0.2) is 0 Å². The molecule has 0 aliphatic carbocycles.